The Hall–Kier alpha value is -3.34. The summed E-state index contributed by atoms with van der Waals surface area (Å²) < 4.78 is 39.6. The maximum absolute atomic E-state index is 12.9. The van der Waals surface area contributed by atoms with Crippen molar-refractivity contribution in [2.75, 3.05) is 26.4 Å². The number of rotatable bonds is 58. The van der Waals surface area contributed by atoms with Crippen LogP contribution in [0, 0.1) is 0 Å². The molecular weight excluding hydrogens is 1000 g/mol. The molecule has 0 saturated heterocycles. The van der Waals surface area contributed by atoms with Gasteiger partial charge in [0.15, 0.2) is 6.10 Å². The van der Waals surface area contributed by atoms with E-state index in [1.807, 2.05) is 0 Å². The van der Waals surface area contributed by atoms with E-state index < -0.39 is 57.8 Å². The molecule has 0 heterocycles. The monoisotopic (exact) mass is 1110 g/mol. The largest absolute Gasteiger partial charge is 0.472 e. The van der Waals surface area contributed by atoms with Crippen molar-refractivity contribution in [3.8, 4) is 0 Å². The number of phosphoric ester groups is 1. The third kappa shape index (κ3) is 57.3. The minimum Gasteiger partial charge on any atom is -0.462 e. The van der Waals surface area contributed by atoms with Gasteiger partial charge in [0, 0.05) is 19.3 Å². The second kappa shape index (κ2) is 59.8. The molecule has 0 bridgehead atoms. The minimum atomic E-state index is -4.76. The SMILES string of the molecule is CC/C=C\C/C=C\C/C=C\C/C=C\C/C=C\CCCCCC(=O)OC(COC(=O)CCCCCCCCC/C=C\C/C=C\CCCCC)COP(=O)(O)OCC(CO)OC(=O)CCCCCCCCCCCCCCCCC. The third-order valence-corrected chi connectivity index (χ3v) is 14.3. The molecule has 3 unspecified atom stereocenters. The van der Waals surface area contributed by atoms with Gasteiger partial charge in [-0.3, -0.25) is 23.4 Å². The van der Waals surface area contributed by atoms with Crippen molar-refractivity contribution < 1.29 is 52.2 Å². The van der Waals surface area contributed by atoms with Gasteiger partial charge in [0.05, 0.1) is 19.8 Å². The summed E-state index contributed by atoms with van der Waals surface area (Å²) in [5, 5.41) is 9.84. The van der Waals surface area contributed by atoms with Gasteiger partial charge >= 0.3 is 25.7 Å². The fourth-order valence-corrected chi connectivity index (χ4v) is 9.32. The number of esters is 3. The van der Waals surface area contributed by atoms with Gasteiger partial charge in [-0.05, 0) is 96.3 Å². The minimum absolute atomic E-state index is 0.125. The number of hydrogen-bond acceptors (Lipinski definition) is 10. The fourth-order valence-electron chi connectivity index (χ4n) is 8.53. The Labute approximate surface area is 477 Å². The van der Waals surface area contributed by atoms with Crippen LogP contribution in [0.5, 0.6) is 0 Å². The van der Waals surface area contributed by atoms with Gasteiger partial charge in [-0.2, -0.15) is 0 Å². The highest BCUT2D eigenvalue weighted by atomic mass is 31.2. The molecule has 0 aromatic rings. The van der Waals surface area contributed by atoms with Gasteiger partial charge in [0.1, 0.15) is 12.7 Å². The molecule has 0 amide bonds. The standard InChI is InChI=1S/C66H115O11P/c1-4-7-10-13-16-19-22-25-28-30-31-33-36-39-42-45-48-51-54-57-66(70)77-63(59-73-64(68)55-52-49-46-43-40-37-35-32-29-26-23-20-17-14-11-8-5-2)61-75-78(71,72)74-60-62(58-67)76-65(69)56-53-50-47-44-41-38-34-27-24-21-18-15-12-9-6-3/h7,10,16-17,19-20,25-26,28-29,31,33,39,42,62-63,67H,4-6,8-9,11-15,18,21-24,27,30,32,34-38,40-41,43-61H2,1-3H3,(H,71,72)/b10-7-,19-16-,20-17-,28-25-,29-26-,33-31-,42-39-. The highest BCUT2D eigenvalue weighted by Gasteiger charge is 2.28. The van der Waals surface area contributed by atoms with Crippen molar-refractivity contribution >= 4 is 25.7 Å². The lowest BCUT2D eigenvalue weighted by Gasteiger charge is -2.21. The van der Waals surface area contributed by atoms with Crippen LogP contribution >= 0.6 is 7.82 Å². The summed E-state index contributed by atoms with van der Waals surface area (Å²) in [4.78, 5) is 48.7. The van der Waals surface area contributed by atoms with Crippen molar-refractivity contribution in [1.29, 1.82) is 0 Å². The highest BCUT2D eigenvalue weighted by Crippen LogP contribution is 2.43. The van der Waals surface area contributed by atoms with Crippen molar-refractivity contribution in [3.63, 3.8) is 0 Å². The molecule has 0 radical (unpaired) electrons. The van der Waals surface area contributed by atoms with Crippen molar-refractivity contribution in [3.05, 3.63) is 85.1 Å². The molecule has 11 nitrogen and oxygen atoms in total. The third-order valence-electron chi connectivity index (χ3n) is 13.3. The second-order valence-electron chi connectivity index (χ2n) is 20.8. The Balaban J connectivity index is 4.77. The normalized spacial score (nSPS) is 13.9. The van der Waals surface area contributed by atoms with Gasteiger partial charge < -0.3 is 24.2 Å². The van der Waals surface area contributed by atoms with E-state index in [1.165, 1.54) is 109 Å². The van der Waals surface area contributed by atoms with Crippen LogP contribution in [0.15, 0.2) is 85.1 Å². The lowest BCUT2D eigenvalue weighted by atomic mass is 10.0. The summed E-state index contributed by atoms with van der Waals surface area (Å²) in [6.07, 6.45) is 69.6. The van der Waals surface area contributed by atoms with Crippen LogP contribution < -0.4 is 0 Å². The molecule has 0 aliphatic carbocycles. The topological polar surface area (TPSA) is 155 Å². The van der Waals surface area contributed by atoms with E-state index in [4.69, 9.17) is 23.3 Å². The summed E-state index contributed by atoms with van der Waals surface area (Å²) in [7, 11) is -4.76. The van der Waals surface area contributed by atoms with E-state index in [0.29, 0.717) is 19.3 Å². The van der Waals surface area contributed by atoms with Crippen molar-refractivity contribution in [1.82, 2.24) is 0 Å². The molecule has 450 valence electrons. The summed E-state index contributed by atoms with van der Waals surface area (Å²) in [5.74, 6) is -1.50. The average molecular weight is 1120 g/mol. The number of unbranched alkanes of at least 4 members (excludes halogenated alkanes) is 27. The molecule has 0 aromatic carbocycles. The van der Waals surface area contributed by atoms with Gasteiger partial charge in [-0.25, -0.2) is 4.57 Å². The molecule has 78 heavy (non-hydrogen) atoms. The zero-order valence-corrected chi connectivity index (χ0v) is 50.8. The van der Waals surface area contributed by atoms with E-state index in [9.17, 15) is 28.9 Å². The average Bonchev–Trinajstić information content (AvgIpc) is 3.43. The molecule has 3 atom stereocenters. The lowest BCUT2D eigenvalue weighted by Crippen LogP contribution is -2.30. The Kier molecular flexibility index (Phi) is 57.2. The van der Waals surface area contributed by atoms with Crippen LogP contribution in [0.1, 0.15) is 278 Å². The Bertz CT molecular complexity index is 1630. The Morgan fingerprint density at radius 2 is 0.667 bits per heavy atom. The molecule has 0 aliphatic rings. The van der Waals surface area contributed by atoms with Gasteiger partial charge in [-0.15, -0.1) is 0 Å². The molecule has 0 aromatic heterocycles. The van der Waals surface area contributed by atoms with E-state index in [0.717, 1.165) is 109 Å². The van der Waals surface area contributed by atoms with Gasteiger partial charge in [-0.1, -0.05) is 247 Å². The number of carbonyl (C=O) groups is 3. The van der Waals surface area contributed by atoms with E-state index in [-0.39, 0.29) is 25.9 Å². The second-order valence-corrected chi connectivity index (χ2v) is 22.3. The molecule has 0 rings (SSSR count). The molecule has 2 N–H and O–H groups in total. The number of phosphoric acid groups is 1. The number of ether oxygens (including phenoxy) is 3. The van der Waals surface area contributed by atoms with Crippen LogP contribution in [-0.2, 0) is 42.2 Å². The van der Waals surface area contributed by atoms with Crippen molar-refractivity contribution in [2.45, 2.75) is 290 Å². The van der Waals surface area contributed by atoms with Gasteiger partial charge in [0.25, 0.3) is 0 Å². The highest BCUT2D eigenvalue weighted by molar-refractivity contribution is 7.47. The first kappa shape index (κ1) is 74.7. The summed E-state index contributed by atoms with van der Waals surface area (Å²) in [6.45, 7) is 4.49. The first-order chi connectivity index (χ1) is 38.2. The quantitative estimate of drug-likeness (QED) is 0.0197. The molecule has 0 spiro atoms. The summed E-state index contributed by atoms with van der Waals surface area (Å²) in [6, 6.07) is 0. The van der Waals surface area contributed by atoms with Crippen LogP contribution in [-0.4, -0.2) is 66.5 Å². The smallest absolute Gasteiger partial charge is 0.462 e. The van der Waals surface area contributed by atoms with Crippen molar-refractivity contribution in [2.24, 2.45) is 0 Å². The van der Waals surface area contributed by atoms with Crippen LogP contribution in [0.4, 0.5) is 0 Å². The maximum atomic E-state index is 12.9. The van der Waals surface area contributed by atoms with Gasteiger partial charge in [0.2, 0.25) is 0 Å². The number of allylic oxidation sites excluding steroid dienone is 14. The zero-order chi connectivity index (χ0) is 56.9. The first-order valence-electron chi connectivity index (χ1n) is 31.5. The predicted octanol–water partition coefficient (Wildman–Crippen LogP) is 19.0. The number of aliphatic hydroxyl groups is 1. The molecule has 0 aliphatic heterocycles. The molecule has 0 saturated carbocycles. The number of hydrogen-bond donors (Lipinski definition) is 2. The number of aliphatic hydroxyl groups excluding tert-OH is 1. The van der Waals surface area contributed by atoms with E-state index >= 15 is 0 Å². The van der Waals surface area contributed by atoms with E-state index in [1.54, 1.807) is 0 Å². The molecule has 12 heteroatoms. The first-order valence-corrected chi connectivity index (χ1v) is 33.0. The Morgan fingerprint density at radius 3 is 1.06 bits per heavy atom. The lowest BCUT2D eigenvalue weighted by molar-refractivity contribution is -0.161. The zero-order valence-electron chi connectivity index (χ0n) is 49.9. The summed E-state index contributed by atoms with van der Waals surface area (Å²) >= 11 is 0. The van der Waals surface area contributed by atoms with Crippen LogP contribution in [0.3, 0.4) is 0 Å². The molecular formula is C66H115O11P. The van der Waals surface area contributed by atoms with Crippen LogP contribution in [0.25, 0.3) is 0 Å². The molecule has 0 fully saturated rings. The predicted molar refractivity (Wildman–Crippen MR) is 325 cm³/mol. The number of carbonyl (C=O) groups excluding carboxylic acids is 3. The fraction of sp³-hybridized carbons (Fsp3) is 0.742. The van der Waals surface area contributed by atoms with Crippen LogP contribution in [0.2, 0.25) is 0 Å². The summed E-state index contributed by atoms with van der Waals surface area (Å²) in [5.41, 5.74) is 0. The maximum Gasteiger partial charge on any atom is 0.472 e. The van der Waals surface area contributed by atoms with E-state index in [2.05, 4.69) is 106 Å². The Morgan fingerprint density at radius 1 is 0.372 bits per heavy atom.